The second-order valence-electron chi connectivity index (χ2n) is 8.59. The van der Waals surface area contributed by atoms with Crippen molar-refractivity contribution >= 4 is 22.8 Å². The molecule has 0 spiro atoms. The smallest absolute Gasteiger partial charge is 0.339 e. The van der Waals surface area contributed by atoms with E-state index in [1.54, 1.807) is 30.5 Å². The van der Waals surface area contributed by atoms with E-state index in [1.165, 1.54) is 0 Å². The molecule has 0 atom stereocenters. The highest BCUT2D eigenvalue weighted by Crippen LogP contribution is 2.25. The van der Waals surface area contributed by atoms with Crippen LogP contribution in [0.4, 0.5) is 0 Å². The minimum atomic E-state index is -0.421. The maximum Gasteiger partial charge on any atom is 0.339 e. The molecule has 0 bridgehead atoms. The molecule has 1 aromatic carbocycles. The minimum absolute atomic E-state index is 0.0111. The first-order valence-corrected chi connectivity index (χ1v) is 11.5. The van der Waals surface area contributed by atoms with Crippen LogP contribution in [-0.4, -0.2) is 41.9 Å². The van der Waals surface area contributed by atoms with Gasteiger partial charge < -0.3 is 19.4 Å². The molecule has 1 fully saturated rings. The number of pyridine rings is 1. The van der Waals surface area contributed by atoms with E-state index in [9.17, 15) is 14.4 Å². The van der Waals surface area contributed by atoms with Crippen LogP contribution in [0.5, 0.6) is 5.75 Å². The van der Waals surface area contributed by atoms with Gasteiger partial charge in [0.1, 0.15) is 11.3 Å². The maximum absolute atomic E-state index is 12.8. The second-order valence-corrected chi connectivity index (χ2v) is 8.59. The average molecular weight is 464 g/mol. The molecule has 3 aromatic rings. The summed E-state index contributed by atoms with van der Waals surface area (Å²) in [6.45, 7) is 3.40. The molecule has 8 heteroatoms. The fourth-order valence-corrected chi connectivity index (χ4v) is 4.41. The summed E-state index contributed by atoms with van der Waals surface area (Å²) in [5.41, 5.74) is 2.35. The average Bonchev–Trinajstić information content (AvgIpc) is 2.87. The molecular weight excluding hydrogens is 434 g/mol. The largest absolute Gasteiger partial charge is 0.497 e. The molecule has 0 saturated carbocycles. The van der Waals surface area contributed by atoms with E-state index >= 15 is 0 Å². The summed E-state index contributed by atoms with van der Waals surface area (Å²) in [5, 5.41) is 3.79. The van der Waals surface area contributed by atoms with E-state index < -0.39 is 5.63 Å². The molecule has 178 valence electrons. The van der Waals surface area contributed by atoms with E-state index in [0.717, 1.165) is 16.5 Å². The molecule has 2 aromatic heterocycles. The Morgan fingerprint density at radius 3 is 2.74 bits per heavy atom. The van der Waals surface area contributed by atoms with Gasteiger partial charge in [0.2, 0.25) is 11.8 Å². The number of likely N-dealkylation sites (tertiary alicyclic amines) is 1. The Hall–Kier alpha value is -3.68. The van der Waals surface area contributed by atoms with Crippen LogP contribution in [0.2, 0.25) is 0 Å². The number of hydrogen-bond acceptors (Lipinski definition) is 6. The van der Waals surface area contributed by atoms with E-state index in [4.69, 9.17) is 9.15 Å². The van der Waals surface area contributed by atoms with Crippen LogP contribution in [0.1, 0.15) is 36.0 Å². The van der Waals surface area contributed by atoms with Gasteiger partial charge in [-0.05, 0) is 55.5 Å². The molecule has 0 aliphatic carbocycles. The number of methoxy groups -OCH3 is 1. The number of fused-ring (bicyclic) bond motifs is 1. The van der Waals surface area contributed by atoms with Crippen LogP contribution in [-0.2, 0) is 22.6 Å². The van der Waals surface area contributed by atoms with Crippen LogP contribution < -0.4 is 15.7 Å². The number of amides is 2. The summed E-state index contributed by atoms with van der Waals surface area (Å²) in [7, 11) is 1.56. The molecule has 34 heavy (non-hydrogen) atoms. The molecular formula is C26H29N3O5. The zero-order valence-corrected chi connectivity index (χ0v) is 19.5. The number of rotatable bonds is 7. The number of hydrogen-bond donors (Lipinski definition) is 1. The van der Waals surface area contributed by atoms with Crippen molar-refractivity contribution in [2.45, 2.75) is 39.2 Å². The van der Waals surface area contributed by atoms with Crippen molar-refractivity contribution in [3.8, 4) is 5.75 Å². The molecule has 0 radical (unpaired) electrons. The number of carbonyl (C=O) groups excluding carboxylic acids is 2. The second kappa shape index (κ2) is 10.5. The third kappa shape index (κ3) is 5.27. The van der Waals surface area contributed by atoms with Crippen molar-refractivity contribution < 1.29 is 18.7 Å². The summed E-state index contributed by atoms with van der Waals surface area (Å²) in [6, 6.07) is 9.13. The first-order chi connectivity index (χ1) is 16.5. The van der Waals surface area contributed by atoms with E-state index in [2.05, 4.69) is 10.3 Å². The molecule has 4 rings (SSSR count). The fraction of sp³-hybridized carbons (Fsp3) is 0.385. The van der Waals surface area contributed by atoms with Gasteiger partial charge in [-0.3, -0.25) is 14.6 Å². The topological polar surface area (TPSA) is 102 Å². The Morgan fingerprint density at radius 2 is 2.03 bits per heavy atom. The van der Waals surface area contributed by atoms with E-state index in [-0.39, 0.29) is 24.2 Å². The molecule has 1 N–H and O–H groups in total. The van der Waals surface area contributed by atoms with Gasteiger partial charge in [0, 0.05) is 61.4 Å². The summed E-state index contributed by atoms with van der Waals surface area (Å²) in [6.07, 6.45) is 5.23. The van der Waals surface area contributed by atoms with Gasteiger partial charge in [-0.1, -0.05) is 6.07 Å². The Balaban J connectivity index is 1.30. The Bertz CT molecular complexity index is 1230. The number of nitrogens with zero attached hydrogens (tertiary/aromatic N) is 2. The summed E-state index contributed by atoms with van der Waals surface area (Å²) >= 11 is 0. The van der Waals surface area contributed by atoms with Gasteiger partial charge >= 0.3 is 5.63 Å². The molecule has 1 aliphatic heterocycles. The highest BCUT2D eigenvalue weighted by Gasteiger charge is 2.27. The van der Waals surface area contributed by atoms with Gasteiger partial charge in [0.05, 0.1) is 7.11 Å². The highest BCUT2D eigenvalue weighted by molar-refractivity contribution is 5.83. The predicted molar refractivity (Wildman–Crippen MR) is 127 cm³/mol. The number of benzene rings is 1. The van der Waals surface area contributed by atoms with E-state index in [1.807, 2.05) is 31.2 Å². The lowest BCUT2D eigenvalue weighted by atomic mass is 9.95. The molecule has 1 saturated heterocycles. The van der Waals surface area contributed by atoms with Gasteiger partial charge in [-0.15, -0.1) is 0 Å². The number of aryl methyl sites for hydroxylation is 1. The SMILES string of the molecule is COc1ccc2c(C)c(CCC(=O)N3CCC(C(=O)NCc4cccnc4)CC3)c(=O)oc2c1. The monoisotopic (exact) mass is 463 g/mol. The summed E-state index contributed by atoms with van der Waals surface area (Å²) in [5.74, 6) is 0.513. The zero-order valence-electron chi connectivity index (χ0n) is 19.5. The first kappa shape index (κ1) is 23.5. The quantitative estimate of drug-likeness (QED) is 0.541. The number of aromatic nitrogens is 1. The number of carbonyl (C=O) groups is 2. The first-order valence-electron chi connectivity index (χ1n) is 11.5. The van der Waals surface area contributed by atoms with Crippen molar-refractivity contribution in [2.75, 3.05) is 20.2 Å². The number of piperidine rings is 1. The lowest BCUT2D eigenvalue weighted by molar-refractivity contribution is -0.135. The van der Waals surface area contributed by atoms with Crippen LogP contribution in [0.3, 0.4) is 0 Å². The summed E-state index contributed by atoms with van der Waals surface area (Å²) in [4.78, 5) is 43.7. The Labute approximate surface area is 197 Å². The fourth-order valence-electron chi connectivity index (χ4n) is 4.41. The maximum atomic E-state index is 12.8. The predicted octanol–water partition coefficient (Wildman–Crippen LogP) is 2.99. The van der Waals surface area contributed by atoms with Crippen LogP contribution in [0.25, 0.3) is 11.0 Å². The third-order valence-electron chi connectivity index (χ3n) is 6.49. The minimum Gasteiger partial charge on any atom is -0.497 e. The van der Waals surface area contributed by atoms with Gasteiger partial charge in [-0.2, -0.15) is 0 Å². The van der Waals surface area contributed by atoms with Crippen molar-refractivity contribution in [3.63, 3.8) is 0 Å². The van der Waals surface area contributed by atoms with Crippen LogP contribution >= 0.6 is 0 Å². The van der Waals surface area contributed by atoms with Crippen molar-refractivity contribution in [3.05, 3.63) is 69.8 Å². The third-order valence-corrected chi connectivity index (χ3v) is 6.49. The lowest BCUT2D eigenvalue weighted by Crippen LogP contribution is -2.43. The molecule has 2 amide bonds. The normalized spacial score (nSPS) is 14.2. The van der Waals surface area contributed by atoms with E-state index in [0.29, 0.717) is 55.8 Å². The number of nitrogens with one attached hydrogen (secondary N) is 1. The standard InChI is InChI=1S/C26H29N3O5/c1-17-21-6-5-20(33-2)14-23(21)34-26(32)22(17)7-8-24(30)29-12-9-19(10-13-29)25(31)28-16-18-4-3-11-27-15-18/h3-6,11,14-15,19H,7-10,12-13,16H2,1-2H3,(H,28,31). The number of ether oxygens (including phenoxy) is 1. The molecule has 8 nitrogen and oxygen atoms in total. The molecule has 3 heterocycles. The van der Waals surface area contributed by atoms with Gasteiger partial charge in [0.15, 0.2) is 0 Å². The van der Waals surface area contributed by atoms with Crippen LogP contribution in [0.15, 0.2) is 51.9 Å². The van der Waals surface area contributed by atoms with Crippen molar-refractivity contribution in [2.24, 2.45) is 5.92 Å². The van der Waals surface area contributed by atoms with Gasteiger partial charge in [-0.25, -0.2) is 4.79 Å². The zero-order chi connectivity index (χ0) is 24.1. The van der Waals surface area contributed by atoms with Gasteiger partial charge in [0.25, 0.3) is 0 Å². The highest BCUT2D eigenvalue weighted by atomic mass is 16.5. The molecule has 1 aliphatic rings. The summed E-state index contributed by atoms with van der Waals surface area (Å²) < 4.78 is 10.7. The Kier molecular flexibility index (Phi) is 7.25. The van der Waals surface area contributed by atoms with Crippen molar-refractivity contribution in [1.29, 1.82) is 0 Å². The van der Waals surface area contributed by atoms with Crippen LogP contribution in [0, 0.1) is 12.8 Å². The lowest BCUT2D eigenvalue weighted by Gasteiger charge is -2.31. The molecule has 0 unspecified atom stereocenters. The Morgan fingerprint density at radius 1 is 1.24 bits per heavy atom. The van der Waals surface area contributed by atoms with Crippen molar-refractivity contribution in [1.82, 2.24) is 15.2 Å².